The van der Waals surface area contributed by atoms with Gasteiger partial charge in [0, 0.05) is 12.0 Å². The number of rotatable bonds is 0. The lowest BCUT2D eigenvalue weighted by atomic mass is 9.99. The van der Waals surface area contributed by atoms with Gasteiger partial charge in [-0.1, -0.05) is 12.1 Å². The molecule has 1 aromatic rings. The quantitative estimate of drug-likeness (QED) is 0.634. The van der Waals surface area contributed by atoms with Crippen LogP contribution in [0.25, 0.3) is 0 Å². The molecule has 1 aromatic carbocycles. The van der Waals surface area contributed by atoms with Gasteiger partial charge in [0.2, 0.25) is 0 Å². The Morgan fingerprint density at radius 3 is 3.17 bits per heavy atom. The Morgan fingerprint density at radius 1 is 1.50 bits per heavy atom. The van der Waals surface area contributed by atoms with Gasteiger partial charge in [0.15, 0.2) is 0 Å². The van der Waals surface area contributed by atoms with Gasteiger partial charge in [-0.2, -0.15) is 0 Å². The smallest absolute Gasteiger partial charge is 0.119 e. The average Bonchev–Trinajstić information content (AvgIpc) is 2.07. The maximum absolute atomic E-state index is 9.52. The van der Waals surface area contributed by atoms with Gasteiger partial charge in [-0.15, -0.1) is 0 Å². The summed E-state index contributed by atoms with van der Waals surface area (Å²) in [4.78, 5) is 0. The Bertz CT molecular complexity index is 294. The number of hydrogen-bond acceptors (Lipinski definition) is 2. The third-order valence-corrected chi connectivity index (χ3v) is 2.26. The molecule has 0 saturated heterocycles. The first-order chi connectivity index (χ1) is 5.77. The normalized spacial score (nSPS) is 21.9. The van der Waals surface area contributed by atoms with E-state index >= 15 is 0 Å². The van der Waals surface area contributed by atoms with Crippen molar-refractivity contribution in [3.8, 4) is 5.75 Å². The molecule has 1 heterocycles. The fraction of sp³-hybridized carbons (Fsp3) is 0.400. The van der Waals surface area contributed by atoms with Crippen molar-refractivity contribution in [2.24, 2.45) is 0 Å². The maximum Gasteiger partial charge on any atom is 0.119 e. The van der Waals surface area contributed by atoms with Crippen molar-refractivity contribution in [3.05, 3.63) is 29.3 Å². The second-order valence-corrected chi connectivity index (χ2v) is 3.24. The van der Waals surface area contributed by atoms with Crippen LogP contribution in [0.1, 0.15) is 18.1 Å². The van der Waals surface area contributed by atoms with Crippen molar-refractivity contribution in [3.63, 3.8) is 0 Å². The lowest BCUT2D eigenvalue weighted by Crippen LogP contribution is -2.18. The summed E-state index contributed by atoms with van der Waals surface area (Å²) in [5, 5.41) is 9.52. The largest absolute Gasteiger partial charge is 0.508 e. The van der Waals surface area contributed by atoms with Gasteiger partial charge in [0.05, 0.1) is 12.7 Å². The number of phenolic OH excluding ortho intramolecular Hbond substituents is 1. The molecule has 1 N–H and O–H groups in total. The van der Waals surface area contributed by atoms with Crippen molar-refractivity contribution in [1.82, 2.24) is 0 Å². The highest BCUT2D eigenvalue weighted by molar-refractivity contribution is 5.40. The van der Waals surface area contributed by atoms with Crippen LogP contribution in [0.2, 0.25) is 0 Å². The Morgan fingerprint density at radius 2 is 2.33 bits per heavy atom. The van der Waals surface area contributed by atoms with Gasteiger partial charge < -0.3 is 9.84 Å². The lowest BCUT2D eigenvalue weighted by molar-refractivity contribution is 0.0402. The third-order valence-electron chi connectivity index (χ3n) is 2.26. The summed E-state index contributed by atoms with van der Waals surface area (Å²) in [6, 6.07) is 5.59. The predicted octanol–water partition coefficient (Wildman–Crippen LogP) is 1.85. The minimum atomic E-state index is 0.228. The fourth-order valence-corrected chi connectivity index (χ4v) is 1.57. The molecule has 0 aliphatic carbocycles. The van der Waals surface area contributed by atoms with Crippen LogP contribution in [-0.4, -0.2) is 11.2 Å². The summed E-state index contributed by atoms with van der Waals surface area (Å²) < 4.78 is 5.45. The number of hydrogen-bond donors (Lipinski definition) is 1. The molecule has 0 saturated carbocycles. The van der Waals surface area contributed by atoms with Crippen molar-refractivity contribution in [2.45, 2.75) is 26.1 Å². The van der Waals surface area contributed by atoms with Crippen LogP contribution in [0.3, 0.4) is 0 Å². The molecule has 2 heteroatoms. The van der Waals surface area contributed by atoms with Crippen LogP contribution < -0.4 is 0 Å². The summed E-state index contributed by atoms with van der Waals surface area (Å²) in [7, 11) is 0. The Hall–Kier alpha value is -1.02. The lowest BCUT2D eigenvalue weighted by Gasteiger charge is -2.22. The van der Waals surface area contributed by atoms with Crippen LogP contribution in [-0.2, 0) is 17.8 Å². The topological polar surface area (TPSA) is 29.5 Å². The summed E-state index contributed by atoms with van der Waals surface area (Å²) in [6.07, 6.45) is 1.05. The van der Waals surface area contributed by atoms with Gasteiger partial charge in [-0.25, -0.2) is 0 Å². The van der Waals surface area contributed by atoms with Crippen LogP contribution in [0.5, 0.6) is 5.75 Å². The minimum absolute atomic E-state index is 0.228. The summed E-state index contributed by atoms with van der Waals surface area (Å²) in [5.41, 5.74) is 2.17. The molecule has 0 aromatic heterocycles. The average molecular weight is 164 g/mol. The Labute approximate surface area is 71.8 Å². The molecule has 0 spiro atoms. The van der Waals surface area contributed by atoms with E-state index in [2.05, 4.69) is 0 Å². The van der Waals surface area contributed by atoms with Crippen molar-refractivity contribution in [1.29, 1.82) is 0 Å². The molecule has 2 nitrogen and oxygen atoms in total. The van der Waals surface area contributed by atoms with Gasteiger partial charge >= 0.3 is 0 Å². The first kappa shape index (κ1) is 7.62. The van der Waals surface area contributed by atoms with Gasteiger partial charge in [-0.3, -0.25) is 0 Å². The van der Waals surface area contributed by atoms with Crippen molar-refractivity contribution in [2.75, 3.05) is 0 Å². The van der Waals surface area contributed by atoms with Crippen LogP contribution >= 0.6 is 0 Å². The standard InChI is InChI=1S/C10H12O2/c1-7-5-9-8(6-12-7)3-2-4-10(9)11/h2-4,7,11H,5-6H2,1H3. The number of phenols is 1. The molecule has 1 aliphatic rings. The van der Waals surface area contributed by atoms with Crippen molar-refractivity contribution >= 4 is 0 Å². The SMILES string of the molecule is CC1Cc2c(O)cccc2CO1. The van der Waals surface area contributed by atoms with E-state index in [0.29, 0.717) is 12.4 Å². The Kier molecular flexibility index (Phi) is 1.77. The first-order valence-corrected chi connectivity index (χ1v) is 4.18. The monoisotopic (exact) mass is 164 g/mol. The summed E-state index contributed by atoms with van der Waals surface area (Å²) in [6.45, 7) is 2.65. The van der Waals surface area contributed by atoms with E-state index < -0.39 is 0 Å². The highest BCUT2D eigenvalue weighted by Gasteiger charge is 2.17. The number of ether oxygens (including phenoxy) is 1. The molecule has 0 bridgehead atoms. The summed E-state index contributed by atoms with van der Waals surface area (Å²) >= 11 is 0. The molecule has 12 heavy (non-hydrogen) atoms. The zero-order chi connectivity index (χ0) is 8.55. The van der Waals surface area contributed by atoms with E-state index in [1.165, 1.54) is 0 Å². The first-order valence-electron chi connectivity index (χ1n) is 4.18. The number of fused-ring (bicyclic) bond motifs is 1. The fourth-order valence-electron chi connectivity index (χ4n) is 1.57. The Balaban J connectivity index is 2.43. The molecule has 2 rings (SSSR count). The van der Waals surface area contributed by atoms with E-state index in [0.717, 1.165) is 17.5 Å². The summed E-state index contributed by atoms with van der Waals surface area (Å²) in [5.74, 6) is 0.405. The van der Waals surface area contributed by atoms with Gasteiger partial charge in [-0.05, 0) is 18.6 Å². The molecular weight excluding hydrogens is 152 g/mol. The van der Waals surface area contributed by atoms with Gasteiger partial charge in [0.25, 0.3) is 0 Å². The molecular formula is C10H12O2. The second kappa shape index (κ2) is 2.79. The molecule has 0 radical (unpaired) electrons. The molecule has 0 fully saturated rings. The molecule has 64 valence electrons. The van der Waals surface area contributed by atoms with Crippen LogP contribution in [0, 0.1) is 0 Å². The van der Waals surface area contributed by atoms with Gasteiger partial charge in [0.1, 0.15) is 5.75 Å². The second-order valence-electron chi connectivity index (χ2n) is 3.24. The minimum Gasteiger partial charge on any atom is -0.508 e. The predicted molar refractivity (Wildman–Crippen MR) is 46.1 cm³/mol. The van der Waals surface area contributed by atoms with E-state index in [-0.39, 0.29) is 6.10 Å². The highest BCUT2D eigenvalue weighted by atomic mass is 16.5. The van der Waals surface area contributed by atoms with Crippen LogP contribution in [0.4, 0.5) is 0 Å². The van der Waals surface area contributed by atoms with E-state index in [1.54, 1.807) is 6.07 Å². The van der Waals surface area contributed by atoms with Crippen LogP contribution in [0.15, 0.2) is 18.2 Å². The molecule has 1 atom stereocenters. The van der Waals surface area contributed by atoms with E-state index in [9.17, 15) is 5.11 Å². The van der Waals surface area contributed by atoms with Crippen molar-refractivity contribution < 1.29 is 9.84 Å². The molecule has 0 amide bonds. The van der Waals surface area contributed by atoms with E-state index in [4.69, 9.17) is 4.74 Å². The molecule has 1 aliphatic heterocycles. The number of aromatic hydroxyl groups is 1. The highest BCUT2D eigenvalue weighted by Crippen LogP contribution is 2.27. The van der Waals surface area contributed by atoms with E-state index in [1.807, 2.05) is 19.1 Å². The third kappa shape index (κ3) is 1.18. The zero-order valence-corrected chi connectivity index (χ0v) is 7.08. The maximum atomic E-state index is 9.52. The zero-order valence-electron chi connectivity index (χ0n) is 7.08. The number of benzene rings is 1. The molecule has 1 unspecified atom stereocenters.